The van der Waals surface area contributed by atoms with Gasteiger partial charge in [0.2, 0.25) is 0 Å². The van der Waals surface area contributed by atoms with E-state index in [-0.39, 0.29) is 0 Å². The lowest BCUT2D eigenvalue weighted by Crippen LogP contribution is -2.10. The first-order valence-corrected chi connectivity index (χ1v) is 8.65. The summed E-state index contributed by atoms with van der Waals surface area (Å²) >= 11 is 5.76. The number of sulfonamides is 1. The summed E-state index contributed by atoms with van der Waals surface area (Å²) in [6, 6.07) is 3.45. The minimum atomic E-state index is -3.49. The van der Waals surface area contributed by atoms with Crippen LogP contribution in [-0.4, -0.2) is 13.4 Å². The number of rotatable bonds is 4. The molecule has 0 aliphatic heterocycles. The van der Waals surface area contributed by atoms with Crippen molar-refractivity contribution in [2.24, 2.45) is 0 Å². The van der Waals surface area contributed by atoms with E-state index in [0.29, 0.717) is 9.34 Å². The van der Waals surface area contributed by atoms with Gasteiger partial charge in [0.25, 0.3) is 10.0 Å². The van der Waals surface area contributed by atoms with Gasteiger partial charge in [-0.15, -0.1) is 11.3 Å². The minimum Gasteiger partial charge on any atom is -0.254 e. The zero-order chi connectivity index (χ0) is 12.5. The Bertz CT molecular complexity index is 618. The number of nitrogens with one attached hydrogen (secondary N) is 1. The normalized spacial score (nSPS) is 11.6. The lowest BCUT2D eigenvalue weighted by atomic mass is 10.4. The van der Waals surface area contributed by atoms with Gasteiger partial charge in [0.1, 0.15) is 4.21 Å². The second-order valence-corrected chi connectivity index (χ2v) is 8.64. The molecule has 92 valence electrons. The van der Waals surface area contributed by atoms with E-state index in [1.165, 1.54) is 22.7 Å². The van der Waals surface area contributed by atoms with Crippen molar-refractivity contribution in [3.63, 3.8) is 0 Å². The molecule has 0 aliphatic rings. The molecule has 0 amide bonds. The van der Waals surface area contributed by atoms with Gasteiger partial charge in [0.15, 0.2) is 5.13 Å². The van der Waals surface area contributed by atoms with Crippen LogP contribution >= 0.6 is 38.6 Å². The van der Waals surface area contributed by atoms with Gasteiger partial charge in [-0.2, -0.15) is 0 Å². The van der Waals surface area contributed by atoms with Gasteiger partial charge in [0, 0.05) is 4.88 Å². The molecule has 0 unspecified atom stereocenters. The van der Waals surface area contributed by atoms with Gasteiger partial charge in [-0.3, -0.25) is 4.72 Å². The van der Waals surface area contributed by atoms with Crippen molar-refractivity contribution in [3.8, 4) is 0 Å². The number of anilines is 1. The quantitative estimate of drug-likeness (QED) is 0.917. The third-order valence-corrected chi connectivity index (χ3v) is 6.53. The molecule has 2 aromatic rings. The third kappa shape index (κ3) is 3.06. The Hall–Kier alpha value is -0.440. The molecule has 0 aromatic carbocycles. The van der Waals surface area contributed by atoms with Crippen molar-refractivity contribution in [1.29, 1.82) is 0 Å². The molecule has 0 saturated carbocycles. The minimum absolute atomic E-state index is 0.320. The summed E-state index contributed by atoms with van der Waals surface area (Å²) in [7, 11) is -3.49. The fourth-order valence-corrected chi connectivity index (χ4v) is 4.80. The van der Waals surface area contributed by atoms with Crippen LogP contribution in [0.25, 0.3) is 0 Å². The van der Waals surface area contributed by atoms with Crippen LogP contribution < -0.4 is 4.72 Å². The van der Waals surface area contributed by atoms with Gasteiger partial charge in [0.05, 0.1) is 9.98 Å². The van der Waals surface area contributed by atoms with Crippen LogP contribution in [0.3, 0.4) is 0 Å². The Morgan fingerprint density at radius 1 is 1.41 bits per heavy atom. The molecule has 0 aliphatic carbocycles. The van der Waals surface area contributed by atoms with Crippen LogP contribution in [0, 0.1) is 0 Å². The van der Waals surface area contributed by atoms with Crippen molar-refractivity contribution in [1.82, 2.24) is 4.98 Å². The largest absolute Gasteiger partial charge is 0.273 e. The number of aryl methyl sites for hydroxylation is 1. The van der Waals surface area contributed by atoms with Gasteiger partial charge < -0.3 is 0 Å². The van der Waals surface area contributed by atoms with Crippen molar-refractivity contribution >= 4 is 53.8 Å². The van der Waals surface area contributed by atoms with E-state index in [1.54, 1.807) is 12.3 Å². The van der Waals surface area contributed by atoms with Crippen molar-refractivity contribution in [2.45, 2.75) is 17.6 Å². The first-order valence-electron chi connectivity index (χ1n) is 4.74. The predicted octanol–water partition coefficient (Wildman–Crippen LogP) is 3.33. The van der Waals surface area contributed by atoms with E-state index in [2.05, 4.69) is 25.6 Å². The Morgan fingerprint density at radius 3 is 2.71 bits per heavy atom. The van der Waals surface area contributed by atoms with E-state index < -0.39 is 10.0 Å². The van der Waals surface area contributed by atoms with E-state index in [9.17, 15) is 8.42 Å². The molecule has 2 heterocycles. The number of nitrogens with zero attached hydrogens (tertiary/aromatic N) is 1. The van der Waals surface area contributed by atoms with Crippen molar-refractivity contribution in [2.75, 3.05) is 4.72 Å². The number of halogens is 1. The Balaban J connectivity index is 2.24. The van der Waals surface area contributed by atoms with Crippen LogP contribution in [0.1, 0.15) is 11.8 Å². The lowest BCUT2D eigenvalue weighted by molar-refractivity contribution is 0.603. The average Bonchev–Trinajstić information content (AvgIpc) is 2.86. The Morgan fingerprint density at radius 2 is 2.18 bits per heavy atom. The highest BCUT2D eigenvalue weighted by molar-refractivity contribution is 9.11. The predicted molar refractivity (Wildman–Crippen MR) is 74.3 cm³/mol. The summed E-state index contributed by atoms with van der Waals surface area (Å²) in [5.41, 5.74) is 0. The first-order chi connectivity index (χ1) is 8.01. The van der Waals surface area contributed by atoms with Gasteiger partial charge in [-0.1, -0.05) is 18.3 Å². The summed E-state index contributed by atoms with van der Waals surface area (Å²) in [4.78, 5) is 4.99. The molecule has 0 bridgehead atoms. The SMILES string of the molecule is CCc1ccc(S(=O)(=O)Nc2ncc(Br)s2)s1. The maximum atomic E-state index is 12.0. The molecule has 2 aromatic heterocycles. The summed E-state index contributed by atoms with van der Waals surface area (Å²) in [6.45, 7) is 1.99. The molecule has 8 heteroatoms. The highest BCUT2D eigenvalue weighted by Gasteiger charge is 2.18. The van der Waals surface area contributed by atoms with Gasteiger partial charge >= 0.3 is 0 Å². The van der Waals surface area contributed by atoms with Crippen LogP contribution in [0.15, 0.2) is 26.3 Å². The summed E-state index contributed by atoms with van der Waals surface area (Å²) < 4.78 is 27.5. The fraction of sp³-hybridized carbons (Fsp3) is 0.222. The Labute approximate surface area is 116 Å². The number of hydrogen-bond acceptors (Lipinski definition) is 5. The maximum absolute atomic E-state index is 12.0. The topological polar surface area (TPSA) is 59.1 Å². The number of thiophene rings is 1. The lowest BCUT2D eigenvalue weighted by Gasteiger charge is -2.01. The van der Waals surface area contributed by atoms with Crippen LogP contribution in [0.4, 0.5) is 5.13 Å². The monoisotopic (exact) mass is 352 g/mol. The first kappa shape index (κ1) is 13.0. The standard InChI is InChI=1S/C9H9BrN2O2S3/c1-2-6-3-4-8(15-6)17(13,14)12-9-11-5-7(10)16-9/h3-5H,2H2,1H3,(H,11,12). The maximum Gasteiger partial charge on any atom is 0.273 e. The molecule has 0 spiro atoms. The van der Waals surface area contributed by atoms with E-state index >= 15 is 0 Å². The number of thiazole rings is 1. The molecule has 17 heavy (non-hydrogen) atoms. The molecule has 1 N–H and O–H groups in total. The van der Waals surface area contributed by atoms with E-state index in [1.807, 2.05) is 13.0 Å². The highest BCUT2D eigenvalue weighted by atomic mass is 79.9. The molecule has 0 atom stereocenters. The van der Waals surface area contributed by atoms with Gasteiger partial charge in [-0.25, -0.2) is 13.4 Å². The zero-order valence-corrected chi connectivity index (χ0v) is 12.8. The molecule has 2 rings (SSSR count). The molecular formula is C9H9BrN2O2S3. The fourth-order valence-electron chi connectivity index (χ4n) is 1.16. The average molecular weight is 353 g/mol. The molecule has 4 nitrogen and oxygen atoms in total. The molecule has 0 fully saturated rings. The number of hydrogen-bond donors (Lipinski definition) is 1. The third-order valence-electron chi connectivity index (χ3n) is 1.95. The molecule has 0 saturated heterocycles. The Kier molecular flexibility index (Phi) is 3.86. The summed E-state index contributed by atoms with van der Waals surface area (Å²) in [5, 5.41) is 0.364. The van der Waals surface area contributed by atoms with Crippen LogP contribution in [0.2, 0.25) is 0 Å². The second kappa shape index (κ2) is 5.05. The highest BCUT2D eigenvalue weighted by Crippen LogP contribution is 2.28. The van der Waals surface area contributed by atoms with Crippen LogP contribution in [0.5, 0.6) is 0 Å². The van der Waals surface area contributed by atoms with E-state index in [4.69, 9.17) is 0 Å². The van der Waals surface area contributed by atoms with Crippen LogP contribution in [-0.2, 0) is 16.4 Å². The molecular weight excluding hydrogens is 344 g/mol. The summed E-state index contributed by atoms with van der Waals surface area (Å²) in [6.07, 6.45) is 2.40. The smallest absolute Gasteiger partial charge is 0.254 e. The summed E-state index contributed by atoms with van der Waals surface area (Å²) in [5.74, 6) is 0. The van der Waals surface area contributed by atoms with Gasteiger partial charge in [-0.05, 0) is 34.5 Å². The van der Waals surface area contributed by atoms with Crippen molar-refractivity contribution < 1.29 is 8.42 Å². The molecule has 0 radical (unpaired) electrons. The number of aromatic nitrogens is 1. The zero-order valence-electron chi connectivity index (χ0n) is 8.81. The second-order valence-electron chi connectivity index (χ2n) is 3.15. The van der Waals surface area contributed by atoms with Crippen molar-refractivity contribution in [3.05, 3.63) is 27.0 Å². The van der Waals surface area contributed by atoms with E-state index in [0.717, 1.165) is 15.1 Å².